The maximum absolute atomic E-state index is 4.52. The Morgan fingerprint density at radius 3 is 1.40 bits per heavy atom. The number of nitrogens with zero attached hydrogens (tertiary/aromatic N) is 2. The first-order valence-corrected chi connectivity index (χ1v) is 14.7. The second-order valence-corrected chi connectivity index (χ2v) is 10.7. The van der Waals surface area contributed by atoms with E-state index in [9.17, 15) is 0 Å². The molecule has 0 saturated carbocycles. The molecule has 2 nitrogen and oxygen atoms in total. The van der Waals surface area contributed by atoms with Gasteiger partial charge in [0.1, 0.15) is 0 Å². The third kappa shape index (κ3) is 4.94. The lowest BCUT2D eigenvalue weighted by Crippen LogP contribution is -2.15. The van der Waals surface area contributed by atoms with Gasteiger partial charge in [-0.05, 0) is 82.8 Å². The lowest BCUT2D eigenvalue weighted by molar-refractivity contribution is 1.21. The highest BCUT2D eigenvalue weighted by molar-refractivity contribution is 5.94. The molecule has 0 atom stereocenters. The van der Waals surface area contributed by atoms with Gasteiger partial charge in [-0.2, -0.15) is 0 Å². The number of anilines is 5. The molecule has 2 aliphatic rings. The van der Waals surface area contributed by atoms with E-state index in [1.807, 2.05) is 0 Å². The molecule has 0 amide bonds. The van der Waals surface area contributed by atoms with Gasteiger partial charge in [0.15, 0.2) is 0 Å². The van der Waals surface area contributed by atoms with Crippen LogP contribution in [0.3, 0.4) is 0 Å². The standard InChI is InChI=1S/C41H32N2/c1-3-31(21-20-30(2)42-38-16-8-4-12-33(38)22-23-34-13-5-9-17-39(34)42)32-26-28-37(29-27-32)43-40-18-10-6-14-35(40)24-25-36-15-7-11-19-41(36)43/h3-29H,2H2,1H3/b21-20-,31-3+. The SMILES string of the molecule is C=C(/C=C\C(=C/C)c1ccc(N2c3ccccc3C=Cc3ccccc32)cc1)N1c2ccccc2C=Cc2ccccc21. The van der Waals surface area contributed by atoms with Crippen molar-refractivity contribution >= 4 is 58.3 Å². The molecule has 0 aromatic heterocycles. The van der Waals surface area contributed by atoms with Gasteiger partial charge in [-0.15, -0.1) is 0 Å². The number of hydrogen-bond acceptors (Lipinski definition) is 2. The molecule has 206 valence electrons. The van der Waals surface area contributed by atoms with Gasteiger partial charge in [-0.3, -0.25) is 0 Å². The summed E-state index contributed by atoms with van der Waals surface area (Å²) in [5.41, 5.74) is 13.7. The number of allylic oxidation sites excluding steroid dienone is 4. The highest BCUT2D eigenvalue weighted by Crippen LogP contribution is 2.42. The highest BCUT2D eigenvalue weighted by atomic mass is 15.2. The summed E-state index contributed by atoms with van der Waals surface area (Å²) < 4.78 is 0. The van der Waals surface area contributed by atoms with Crippen molar-refractivity contribution in [1.82, 2.24) is 0 Å². The third-order valence-electron chi connectivity index (χ3n) is 8.11. The summed E-state index contributed by atoms with van der Waals surface area (Å²) in [7, 11) is 0. The Morgan fingerprint density at radius 2 is 0.930 bits per heavy atom. The smallest absolute Gasteiger partial charge is 0.0534 e. The minimum atomic E-state index is 0.907. The number of fused-ring (bicyclic) bond motifs is 4. The van der Waals surface area contributed by atoms with Crippen LogP contribution in [-0.2, 0) is 0 Å². The largest absolute Gasteiger partial charge is 0.310 e. The first-order valence-electron chi connectivity index (χ1n) is 14.7. The normalized spacial score (nSPS) is 13.6. The van der Waals surface area contributed by atoms with E-state index in [2.05, 4.69) is 187 Å². The van der Waals surface area contributed by atoms with Crippen molar-refractivity contribution in [3.63, 3.8) is 0 Å². The monoisotopic (exact) mass is 552 g/mol. The minimum absolute atomic E-state index is 0.907. The molecule has 0 aliphatic carbocycles. The van der Waals surface area contributed by atoms with E-state index in [-0.39, 0.29) is 0 Å². The zero-order valence-corrected chi connectivity index (χ0v) is 24.2. The molecule has 5 aromatic rings. The zero-order chi connectivity index (χ0) is 29.2. The predicted molar refractivity (Wildman–Crippen MR) is 186 cm³/mol. The summed E-state index contributed by atoms with van der Waals surface area (Å²) in [5, 5.41) is 0. The summed E-state index contributed by atoms with van der Waals surface area (Å²) in [6.45, 7) is 6.60. The van der Waals surface area contributed by atoms with Gasteiger partial charge in [0.05, 0.1) is 22.7 Å². The van der Waals surface area contributed by atoms with Crippen LogP contribution < -0.4 is 9.80 Å². The maximum Gasteiger partial charge on any atom is 0.0534 e. The number of para-hydroxylation sites is 4. The molecule has 0 radical (unpaired) electrons. The summed E-state index contributed by atoms with van der Waals surface area (Å²) in [6.07, 6.45) is 15.2. The first kappa shape index (κ1) is 26.3. The van der Waals surface area contributed by atoms with E-state index in [1.54, 1.807) is 0 Å². The lowest BCUT2D eigenvalue weighted by atomic mass is 10.0. The molecule has 2 heterocycles. The van der Waals surface area contributed by atoms with E-state index in [1.165, 1.54) is 33.6 Å². The Kier molecular flexibility index (Phi) is 6.94. The molecule has 2 aliphatic heterocycles. The van der Waals surface area contributed by atoms with Crippen LogP contribution >= 0.6 is 0 Å². The molecule has 0 unspecified atom stereocenters. The second kappa shape index (κ2) is 11.3. The van der Waals surface area contributed by atoms with Gasteiger partial charge in [0.25, 0.3) is 0 Å². The average molecular weight is 553 g/mol. The second-order valence-electron chi connectivity index (χ2n) is 10.7. The molecule has 0 N–H and O–H groups in total. The Bertz CT molecular complexity index is 1850. The van der Waals surface area contributed by atoms with Crippen LogP contribution in [-0.4, -0.2) is 0 Å². The summed E-state index contributed by atoms with van der Waals surface area (Å²) >= 11 is 0. The van der Waals surface area contributed by atoms with Crippen molar-refractivity contribution in [2.45, 2.75) is 6.92 Å². The van der Waals surface area contributed by atoms with Crippen molar-refractivity contribution in [2.75, 3.05) is 9.80 Å². The van der Waals surface area contributed by atoms with Crippen LogP contribution in [0.2, 0.25) is 0 Å². The molecule has 2 heteroatoms. The van der Waals surface area contributed by atoms with Gasteiger partial charge < -0.3 is 9.80 Å². The number of rotatable bonds is 5. The molecule has 0 saturated heterocycles. The quantitative estimate of drug-likeness (QED) is 0.196. The van der Waals surface area contributed by atoms with E-state index in [0.717, 1.165) is 33.9 Å². The van der Waals surface area contributed by atoms with E-state index in [0.29, 0.717) is 0 Å². The Balaban J connectivity index is 1.20. The molecule has 43 heavy (non-hydrogen) atoms. The number of benzene rings is 5. The Morgan fingerprint density at radius 1 is 0.512 bits per heavy atom. The number of hydrogen-bond donors (Lipinski definition) is 0. The van der Waals surface area contributed by atoms with Crippen molar-refractivity contribution in [1.29, 1.82) is 0 Å². The third-order valence-corrected chi connectivity index (χ3v) is 8.11. The fourth-order valence-corrected chi connectivity index (χ4v) is 5.96. The minimum Gasteiger partial charge on any atom is -0.310 e. The van der Waals surface area contributed by atoms with Gasteiger partial charge in [-0.1, -0.05) is 128 Å². The van der Waals surface area contributed by atoms with Crippen LogP contribution in [0.25, 0.3) is 29.9 Å². The van der Waals surface area contributed by atoms with Gasteiger partial charge in [0.2, 0.25) is 0 Å². The molecule has 0 bridgehead atoms. The summed E-state index contributed by atoms with van der Waals surface area (Å²) in [6, 6.07) is 42.9. The van der Waals surface area contributed by atoms with Crippen LogP contribution in [0.15, 0.2) is 152 Å². The molecular formula is C41H32N2. The van der Waals surface area contributed by atoms with Crippen LogP contribution in [0, 0.1) is 0 Å². The molecule has 7 rings (SSSR count). The van der Waals surface area contributed by atoms with E-state index < -0.39 is 0 Å². The first-order chi connectivity index (χ1) is 21.2. The molecule has 0 spiro atoms. The van der Waals surface area contributed by atoms with E-state index >= 15 is 0 Å². The average Bonchev–Trinajstić information content (AvgIpc) is 3.33. The van der Waals surface area contributed by atoms with Gasteiger partial charge in [0, 0.05) is 11.4 Å². The summed E-state index contributed by atoms with van der Waals surface area (Å²) in [4.78, 5) is 4.60. The lowest BCUT2D eigenvalue weighted by Gasteiger charge is -2.27. The van der Waals surface area contributed by atoms with Gasteiger partial charge in [-0.25, -0.2) is 0 Å². The maximum atomic E-state index is 4.52. The molecule has 5 aromatic carbocycles. The van der Waals surface area contributed by atoms with Crippen LogP contribution in [0.5, 0.6) is 0 Å². The van der Waals surface area contributed by atoms with Crippen molar-refractivity contribution in [3.05, 3.63) is 180 Å². The van der Waals surface area contributed by atoms with Gasteiger partial charge >= 0.3 is 0 Å². The van der Waals surface area contributed by atoms with E-state index in [4.69, 9.17) is 0 Å². The van der Waals surface area contributed by atoms with Crippen molar-refractivity contribution in [3.8, 4) is 0 Å². The Labute approximate surface area is 254 Å². The fourth-order valence-electron chi connectivity index (χ4n) is 5.96. The molecule has 0 fully saturated rings. The predicted octanol–water partition coefficient (Wildman–Crippen LogP) is 11.4. The van der Waals surface area contributed by atoms with Crippen molar-refractivity contribution in [2.24, 2.45) is 0 Å². The topological polar surface area (TPSA) is 6.48 Å². The fraction of sp³-hybridized carbons (Fsp3) is 0.0244. The van der Waals surface area contributed by atoms with Crippen LogP contribution in [0.1, 0.15) is 34.7 Å². The van der Waals surface area contributed by atoms with Crippen LogP contribution in [0.4, 0.5) is 28.4 Å². The zero-order valence-electron chi connectivity index (χ0n) is 24.2. The molecular weight excluding hydrogens is 520 g/mol. The highest BCUT2D eigenvalue weighted by Gasteiger charge is 2.20. The van der Waals surface area contributed by atoms with Crippen molar-refractivity contribution < 1.29 is 0 Å². The summed E-state index contributed by atoms with van der Waals surface area (Å²) in [5.74, 6) is 0. The Hall–Kier alpha value is -5.60.